The fourth-order valence-corrected chi connectivity index (χ4v) is 1.51. The molecule has 0 bridgehead atoms. The van der Waals surface area contributed by atoms with Gasteiger partial charge in [-0.3, -0.25) is 0 Å². The van der Waals surface area contributed by atoms with E-state index in [9.17, 15) is 0 Å². The molecule has 1 aliphatic rings. The molecule has 0 N–H and O–H groups in total. The molecule has 1 rings (SSSR count). The normalized spacial score (nSPS) is 40.4. The summed E-state index contributed by atoms with van der Waals surface area (Å²) in [5.41, 5.74) is 0.689. The van der Waals surface area contributed by atoms with E-state index in [2.05, 4.69) is 20.4 Å². The summed E-state index contributed by atoms with van der Waals surface area (Å²) in [6.45, 7) is 8.40. The first kappa shape index (κ1) is 6.85. The highest BCUT2D eigenvalue weighted by molar-refractivity contribution is 5.00. The number of hydrogen-bond acceptors (Lipinski definition) is 0. The Kier molecular flexibility index (Phi) is 1.65. The minimum Gasteiger partial charge on any atom is -0.103 e. The highest BCUT2D eigenvalue weighted by atomic mass is 14.5. The highest BCUT2D eigenvalue weighted by Gasteiger charge is 2.46. The Morgan fingerprint density at radius 2 is 2.44 bits per heavy atom. The van der Waals surface area contributed by atoms with E-state index < -0.39 is 0 Å². The van der Waals surface area contributed by atoms with Crippen LogP contribution in [-0.4, -0.2) is 0 Å². The van der Waals surface area contributed by atoms with Crippen molar-refractivity contribution in [2.45, 2.75) is 33.1 Å². The van der Waals surface area contributed by atoms with Gasteiger partial charge >= 0.3 is 0 Å². The Hall–Kier alpha value is -0.260. The van der Waals surface area contributed by atoms with Crippen LogP contribution in [0.3, 0.4) is 0 Å². The van der Waals surface area contributed by atoms with E-state index in [-0.39, 0.29) is 0 Å². The molecule has 0 heterocycles. The molecule has 0 aromatic heterocycles. The molecule has 0 nitrogen and oxygen atoms in total. The molecule has 0 radical (unpaired) electrons. The van der Waals surface area contributed by atoms with Crippen molar-refractivity contribution in [1.29, 1.82) is 0 Å². The quantitative estimate of drug-likeness (QED) is 0.507. The summed E-state index contributed by atoms with van der Waals surface area (Å²) in [6.07, 6.45) is 6.04. The van der Waals surface area contributed by atoms with Gasteiger partial charge in [0.2, 0.25) is 0 Å². The fourth-order valence-electron chi connectivity index (χ4n) is 1.51. The lowest BCUT2D eigenvalue weighted by molar-refractivity contribution is 0.487. The van der Waals surface area contributed by atoms with E-state index >= 15 is 0 Å². The van der Waals surface area contributed by atoms with Crippen molar-refractivity contribution in [3.8, 4) is 0 Å². The second kappa shape index (κ2) is 2.17. The van der Waals surface area contributed by atoms with Crippen molar-refractivity contribution in [1.82, 2.24) is 0 Å². The molecular weight excluding hydrogens is 108 g/mol. The predicted octanol–water partition coefficient (Wildman–Crippen LogP) is 3.00. The van der Waals surface area contributed by atoms with Crippen LogP contribution < -0.4 is 0 Å². The van der Waals surface area contributed by atoms with Crippen LogP contribution in [0.15, 0.2) is 12.7 Å². The van der Waals surface area contributed by atoms with Crippen LogP contribution >= 0.6 is 0 Å². The lowest BCUT2D eigenvalue weighted by atomic mass is 10.0. The Labute approximate surface area is 58.0 Å². The molecule has 1 fully saturated rings. The van der Waals surface area contributed by atoms with Gasteiger partial charge in [-0.05, 0) is 24.2 Å². The second-order valence-corrected chi connectivity index (χ2v) is 3.43. The zero-order chi connectivity index (χ0) is 6.91. The first-order valence-corrected chi connectivity index (χ1v) is 3.84. The highest BCUT2D eigenvalue weighted by Crippen LogP contribution is 2.56. The molecule has 0 aromatic rings. The molecule has 0 aromatic carbocycles. The summed E-state index contributed by atoms with van der Waals surface area (Å²) in [5, 5.41) is 0. The largest absolute Gasteiger partial charge is 0.103 e. The molecule has 0 spiro atoms. The Bertz CT molecular complexity index is 115. The lowest BCUT2D eigenvalue weighted by Crippen LogP contribution is -1.93. The molecule has 0 heteroatoms. The van der Waals surface area contributed by atoms with Gasteiger partial charge in [-0.2, -0.15) is 0 Å². The van der Waals surface area contributed by atoms with Gasteiger partial charge in [-0.15, -0.1) is 6.58 Å². The van der Waals surface area contributed by atoms with Gasteiger partial charge in [-0.1, -0.05) is 26.3 Å². The van der Waals surface area contributed by atoms with E-state index in [0.29, 0.717) is 5.41 Å². The number of allylic oxidation sites excluding steroid dienone is 1. The van der Waals surface area contributed by atoms with E-state index in [1.54, 1.807) is 0 Å². The standard InChI is InChI=1S/C9H16/c1-4-6-8-7-9(8,3)5-2/h4,8H,1,5-7H2,2-3H3. The van der Waals surface area contributed by atoms with Crippen molar-refractivity contribution in [2.24, 2.45) is 11.3 Å². The number of hydrogen-bond donors (Lipinski definition) is 0. The molecule has 0 aliphatic heterocycles. The zero-order valence-electron chi connectivity index (χ0n) is 6.48. The first-order chi connectivity index (χ1) is 4.23. The van der Waals surface area contributed by atoms with Crippen molar-refractivity contribution >= 4 is 0 Å². The summed E-state index contributed by atoms with van der Waals surface area (Å²) >= 11 is 0. The lowest BCUT2D eigenvalue weighted by Gasteiger charge is -2.03. The third kappa shape index (κ3) is 1.17. The van der Waals surface area contributed by atoms with Crippen molar-refractivity contribution < 1.29 is 0 Å². The topological polar surface area (TPSA) is 0 Å². The van der Waals surface area contributed by atoms with Crippen LogP contribution in [0.5, 0.6) is 0 Å². The van der Waals surface area contributed by atoms with E-state index in [1.165, 1.54) is 19.3 Å². The molecule has 2 atom stereocenters. The summed E-state index contributed by atoms with van der Waals surface area (Å²) in [7, 11) is 0. The molecular formula is C9H16. The zero-order valence-corrected chi connectivity index (χ0v) is 6.48. The van der Waals surface area contributed by atoms with Crippen LogP contribution in [0, 0.1) is 11.3 Å². The van der Waals surface area contributed by atoms with E-state index in [4.69, 9.17) is 0 Å². The summed E-state index contributed by atoms with van der Waals surface area (Å²) < 4.78 is 0. The molecule has 2 unspecified atom stereocenters. The summed E-state index contributed by atoms with van der Waals surface area (Å²) in [6, 6.07) is 0. The van der Waals surface area contributed by atoms with Crippen molar-refractivity contribution in [3.63, 3.8) is 0 Å². The minimum atomic E-state index is 0.689. The van der Waals surface area contributed by atoms with Crippen molar-refractivity contribution in [2.75, 3.05) is 0 Å². The molecule has 1 aliphatic carbocycles. The summed E-state index contributed by atoms with van der Waals surface area (Å²) in [5.74, 6) is 0.958. The maximum absolute atomic E-state index is 3.74. The van der Waals surface area contributed by atoms with Gasteiger partial charge in [-0.25, -0.2) is 0 Å². The third-order valence-electron chi connectivity index (χ3n) is 2.80. The Morgan fingerprint density at radius 3 is 2.78 bits per heavy atom. The minimum absolute atomic E-state index is 0.689. The van der Waals surface area contributed by atoms with Gasteiger partial charge < -0.3 is 0 Å². The van der Waals surface area contributed by atoms with E-state index in [1.807, 2.05) is 6.08 Å². The molecule has 9 heavy (non-hydrogen) atoms. The summed E-state index contributed by atoms with van der Waals surface area (Å²) in [4.78, 5) is 0. The van der Waals surface area contributed by atoms with Crippen molar-refractivity contribution in [3.05, 3.63) is 12.7 Å². The SMILES string of the molecule is C=CCC1CC1(C)CC. The van der Waals surface area contributed by atoms with Gasteiger partial charge in [0, 0.05) is 0 Å². The maximum Gasteiger partial charge on any atom is -0.0294 e. The maximum atomic E-state index is 3.74. The predicted molar refractivity (Wildman–Crippen MR) is 41.3 cm³/mol. The molecule has 0 saturated heterocycles. The number of rotatable bonds is 3. The van der Waals surface area contributed by atoms with Crippen LogP contribution in [0.4, 0.5) is 0 Å². The van der Waals surface area contributed by atoms with Crippen LogP contribution in [0.25, 0.3) is 0 Å². The monoisotopic (exact) mass is 124 g/mol. The molecule has 0 amide bonds. The van der Waals surface area contributed by atoms with E-state index in [0.717, 1.165) is 5.92 Å². The van der Waals surface area contributed by atoms with Crippen LogP contribution in [-0.2, 0) is 0 Å². The second-order valence-electron chi connectivity index (χ2n) is 3.43. The molecule has 1 saturated carbocycles. The Balaban J connectivity index is 2.29. The average Bonchev–Trinajstić information content (AvgIpc) is 2.46. The van der Waals surface area contributed by atoms with Crippen LogP contribution in [0.1, 0.15) is 33.1 Å². The molecule has 52 valence electrons. The van der Waals surface area contributed by atoms with Gasteiger partial charge in [0.1, 0.15) is 0 Å². The third-order valence-corrected chi connectivity index (χ3v) is 2.80. The fraction of sp³-hybridized carbons (Fsp3) is 0.778. The average molecular weight is 124 g/mol. The van der Waals surface area contributed by atoms with Gasteiger partial charge in [0.15, 0.2) is 0 Å². The Morgan fingerprint density at radius 1 is 1.78 bits per heavy atom. The van der Waals surface area contributed by atoms with Gasteiger partial charge in [0.05, 0.1) is 0 Å². The smallest absolute Gasteiger partial charge is 0.0294 e. The first-order valence-electron chi connectivity index (χ1n) is 3.84. The van der Waals surface area contributed by atoms with Crippen LogP contribution in [0.2, 0.25) is 0 Å². The van der Waals surface area contributed by atoms with Gasteiger partial charge in [0.25, 0.3) is 0 Å².